The molecule has 0 aliphatic heterocycles. The second kappa shape index (κ2) is 11.4. The van der Waals surface area contributed by atoms with Gasteiger partial charge in [0.1, 0.15) is 5.58 Å². The maximum Gasteiger partial charge on any atom is 0.167 e. The molecular formula is C44H27N5O. The van der Waals surface area contributed by atoms with Crippen molar-refractivity contribution in [2.24, 2.45) is 0 Å². The van der Waals surface area contributed by atoms with Gasteiger partial charge >= 0.3 is 0 Å². The normalized spacial score (nSPS) is 11.6. The van der Waals surface area contributed by atoms with Crippen molar-refractivity contribution in [2.45, 2.75) is 0 Å². The molecular weight excluding hydrogens is 615 g/mol. The van der Waals surface area contributed by atoms with Gasteiger partial charge in [-0.15, -0.1) is 0 Å². The summed E-state index contributed by atoms with van der Waals surface area (Å²) in [6, 6.07) is 52.1. The number of pyridine rings is 1. The molecule has 0 aliphatic rings. The second-order valence-electron chi connectivity index (χ2n) is 12.3. The van der Waals surface area contributed by atoms with E-state index in [0.717, 1.165) is 71.9 Å². The SMILES string of the molecule is c1ccc(-c2cccc(-c3nc(-c4cccnc4)nc(-c4cccc5c4oc4c5ccc5c6ccccc6n(-c6ccccc6)c54)n3)c2)cc1. The fourth-order valence-electron chi connectivity index (χ4n) is 7.04. The maximum absolute atomic E-state index is 6.98. The van der Waals surface area contributed by atoms with Crippen LogP contribution in [0.2, 0.25) is 0 Å². The number of rotatable bonds is 5. The average molecular weight is 642 g/mol. The lowest BCUT2D eigenvalue weighted by Gasteiger charge is -2.10. The Kier molecular flexibility index (Phi) is 6.39. The Hall–Kier alpha value is -6.92. The summed E-state index contributed by atoms with van der Waals surface area (Å²) in [7, 11) is 0. The minimum atomic E-state index is 0.531. The quantitative estimate of drug-likeness (QED) is 0.187. The number of nitrogens with zero attached hydrogens (tertiary/aromatic N) is 5. The highest BCUT2D eigenvalue weighted by molar-refractivity contribution is 6.22. The van der Waals surface area contributed by atoms with Crippen LogP contribution in [0.25, 0.3) is 94.7 Å². The van der Waals surface area contributed by atoms with E-state index >= 15 is 0 Å². The topological polar surface area (TPSA) is 69.6 Å². The molecule has 0 atom stereocenters. The summed E-state index contributed by atoms with van der Waals surface area (Å²) < 4.78 is 9.28. The van der Waals surface area contributed by atoms with Gasteiger partial charge in [0.2, 0.25) is 0 Å². The molecule has 6 nitrogen and oxygen atoms in total. The summed E-state index contributed by atoms with van der Waals surface area (Å²) in [5, 5.41) is 4.35. The average Bonchev–Trinajstić information content (AvgIpc) is 3.75. The first-order valence-corrected chi connectivity index (χ1v) is 16.6. The summed E-state index contributed by atoms with van der Waals surface area (Å²) in [6.07, 6.45) is 3.53. The van der Waals surface area contributed by atoms with E-state index in [2.05, 4.69) is 101 Å². The molecule has 0 spiro atoms. The minimum Gasteiger partial charge on any atom is -0.453 e. The predicted octanol–water partition coefficient (Wildman–Crippen LogP) is 10.9. The molecule has 4 heterocycles. The number of fused-ring (bicyclic) bond motifs is 7. The summed E-state index contributed by atoms with van der Waals surface area (Å²) in [5.41, 5.74) is 9.50. The van der Waals surface area contributed by atoms with E-state index in [1.807, 2.05) is 60.7 Å². The third-order valence-corrected chi connectivity index (χ3v) is 9.34. The van der Waals surface area contributed by atoms with Crippen molar-refractivity contribution in [2.75, 3.05) is 0 Å². The highest BCUT2D eigenvalue weighted by Crippen LogP contribution is 2.42. The molecule has 0 unspecified atom stereocenters. The summed E-state index contributed by atoms with van der Waals surface area (Å²) >= 11 is 0. The zero-order chi connectivity index (χ0) is 33.0. The molecule has 234 valence electrons. The van der Waals surface area contributed by atoms with Crippen molar-refractivity contribution >= 4 is 43.7 Å². The highest BCUT2D eigenvalue weighted by Gasteiger charge is 2.22. The molecule has 50 heavy (non-hydrogen) atoms. The number of aromatic nitrogens is 5. The van der Waals surface area contributed by atoms with E-state index < -0.39 is 0 Å². The van der Waals surface area contributed by atoms with Crippen molar-refractivity contribution in [1.82, 2.24) is 24.5 Å². The molecule has 6 aromatic carbocycles. The Bertz CT molecular complexity index is 2860. The van der Waals surface area contributed by atoms with Crippen LogP contribution in [-0.4, -0.2) is 24.5 Å². The van der Waals surface area contributed by atoms with Crippen molar-refractivity contribution < 1.29 is 4.42 Å². The molecule has 0 saturated carbocycles. The van der Waals surface area contributed by atoms with Crippen molar-refractivity contribution in [1.29, 1.82) is 0 Å². The van der Waals surface area contributed by atoms with E-state index in [4.69, 9.17) is 19.4 Å². The van der Waals surface area contributed by atoms with E-state index in [1.165, 1.54) is 5.39 Å². The minimum absolute atomic E-state index is 0.531. The first kappa shape index (κ1) is 28.1. The van der Waals surface area contributed by atoms with Gasteiger partial charge in [0, 0.05) is 50.8 Å². The van der Waals surface area contributed by atoms with Gasteiger partial charge in [-0.2, -0.15) is 0 Å². The van der Waals surface area contributed by atoms with Crippen LogP contribution in [0.15, 0.2) is 168 Å². The number of para-hydroxylation sites is 3. The smallest absolute Gasteiger partial charge is 0.167 e. The standard InChI is InChI=1S/C44H27N5O/c1-3-12-28(13-4-1)29-14-9-15-30(26-29)42-46-43(31-16-11-25-45-27-31)48-44(47-42)37-21-10-20-35-36-24-23-34-33-19-7-8-22-38(33)49(32-17-5-2-6-18-32)39(34)41(36)50-40(35)37/h1-27H. The van der Waals surface area contributed by atoms with Crippen LogP contribution in [-0.2, 0) is 0 Å². The molecule has 0 radical (unpaired) electrons. The molecule has 10 aromatic rings. The van der Waals surface area contributed by atoms with Crippen LogP contribution in [0.4, 0.5) is 0 Å². The zero-order valence-electron chi connectivity index (χ0n) is 26.7. The number of hydrogen-bond acceptors (Lipinski definition) is 5. The molecule has 0 amide bonds. The third-order valence-electron chi connectivity index (χ3n) is 9.34. The fraction of sp³-hybridized carbons (Fsp3) is 0. The van der Waals surface area contributed by atoms with Crippen LogP contribution >= 0.6 is 0 Å². The van der Waals surface area contributed by atoms with E-state index in [0.29, 0.717) is 17.5 Å². The van der Waals surface area contributed by atoms with Crippen LogP contribution in [0.3, 0.4) is 0 Å². The maximum atomic E-state index is 6.98. The monoisotopic (exact) mass is 641 g/mol. The molecule has 0 fully saturated rings. The summed E-state index contributed by atoms with van der Waals surface area (Å²) in [4.78, 5) is 19.5. The Morgan fingerprint density at radius 2 is 1.08 bits per heavy atom. The Balaban J connectivity index is 1.23. The van der Waals surface area contributed by atoms with Gasteiger partial charge in [0.15, 0.2) is 23.1 Å². The number of hydrogen-bond donors (Lipinski definition) is 0. The lowest BCUT2D eigenvalue weighted by molar-refractivity contribution is 0.671. The van der Waals surface area contributed by atoms with Crippen molar-refractivity contribution in [3.05, 3.63) is 164 Å². The van der Waals surface area contributed by atoms with Gasteiger partial charge in [-0.3, -0.25) is 4.98 Å². The predicted molar refractivity (Wildman–Crippen MR) is 201 cm³/mol. The Morgan fingerprint density at radius 1 is 0.440 bits per heavy atom. The van der Waals surface area contributed by atoms with Gasteiger partial charge in [0.25, 0.3) is 0 Å². The van der Waals surface area contributed by atoms with Crippen LogP contribution in [0.1, 0.15) is 0 Å². The van der Waals surface area contributed by atoms with Crippen LogP contribution in [0.5, 0.6) is 0 Å². The van der Waals surface area contributed by atoms with Gasteiger partial charge in [0.05, 0.1) is 16.6 Å². The van der Waals surface area contributed by atoms with Crippen molar-refractivity contribution in [3.63, 3.8) is 0 Å². The zero-order valence-corrected chi connectivity index (χ0v) is 26.7. The third kappa shape index (κ3) is 4.50. The van der Waals surface area contributed by atoms with Crippen molar-refractivity contribution in [3.8, 4) is 51.0 Å². The second-order valence-corrected chi connectivity index (χ2v) is 12.3. The van der Waals surface area contributed by atoms with Crippen LogP contribution in [0, 0.1) is 0 Å². The first-order chi connectivity index (χ1) is 24.8. The van der Waals surface area contributed by atoms with Gasteiger partial charge < -0.3 is 8.98 Å². The molecule has 4 aromatic heterocycles. The lowest BCUT2D eigenvalue weighted by Crippen LogP contribution is -2.00. The number of furan rings is 1. The fourth-order valence-corrected chi connectivity index (χ4v) is 7.04. The molecule has 0 N–H and O–H groups in total. The first-order valence-electron chi connectivity index (χ1n) is 16.6. The van der Waals surface area contributed by atoms with E-state index in [9.17, 15) is 0 Å². The van der Waals surface area contributed by atoms with Gasteiger partial charge in [-0.05, 0) is 59.7 Å². The Morgan fingerprint density at radius 3 is 1.92 bits per heavy atom. The van der Waals surface area contributed by atoms with Gasteiger partial charge in [-0.25, -0.2) is 15.0 Å². The van der Waals surface area contributed by atoms with E-state index in [-0.39, 0.29) is 0 Å². The van der Waals surface area contributed by atoms with Crippen LogP contribution < -0.4 is 0 Å². The summed E-state index contributed by atoms with van der Waals surface area (Å²) in [5.74, 6) is 1.65. The lowest BCUT2D eigenvalue weighted by atomic mass is 10.0. The largest absolute Gasteiger partial charge is 0.453 e. The molecule has 6 heteroatoms. The summed E-state index contributed by atoms with van der Waals surface area (Å²) in [6.45, 7) is 0. The highest BCUT2D eigenvalue weighted by atomic mass is 16.3. The molecule has 10 rings (SSSR count). The Labute approximate surface area is 287 Å². The molecule has 0 aliphatic carbocycles. The van der Waals surface area contributed by atoms with Gasteiger partial charge in [-0.1, -0.05) is 103 Å². The molecule has 0 saturated heterocycles. The molecule has 0 bridgehead atoms. The number of benzene rings is 6. The van der Waals surface area contributed by atoms with E-state index in [1.54, 1.807) is 12.4 Å².